The molecule has 0 unspecified atom stereocenters. The van der Waals surface area contributed by atoms with Crippen molar-refractivity contribution in [2.24, 2.45) is 9.98 Å². The van der Waals surface area contributed by atoms with Gasteiger partial charge in [0.2, 0.25) is 0 Å². The lowest BCUT2D eigenvalue weighted by atomic mass is 9.96. The van der Waals surface area contributed by atoms with Crippen molar-refractivity contribution < 1.29 is 4.42 Å². The van der Waals surface area contributed by atoms with Gasteiger partial charge in [0.15, 0.2) is 0 Å². The molecule has 10 rings (SSSR count). The fourth-order valence-electron chi connectivity index (χ4n) is 7.46. The minimum absolute atomic E-state index is 0.353. The predicted octanol–water partition coefficient (Wildman–Crippen LogP) is 11.4. The van der Waals surface area contributed by atoms with Gasteiger partial charge in [-0.25, -0.2) is 4.98 Å². The van der Waals surface area contributed by atoms with E-state index in [4.69, 9.17) is 14.4 Å². The quantitative estimate of drug-likeness (QED) is 0.177. The van der Waals surface area contributed by atoms with E-state index in [0.717, 1.165) is 61.0 Å². The monoisotopic (exact) mass is 634 g/mol. The summed E-state index contributed by atoms with van der Waals surface area (Å²) in [7, 11) is 0. The van der Waals surface area contributed by atoms with Crippen LogP contribution in [-0.2, 0) is 6.67 Å². The molecular weight excluding hydrogens is 609 g/mol. The van der Waals surface area contributed by atoms with Gasteiger partial charge in [-0.3, -0.25) is 9.98 Å². The number of aliphatic imine (C=N–C) groups is 2. The average molecular weight is 635 g/mol. The predicted molar refractivity (Wildman–Crippen MR) is 203 cm³/mol. The van der Waals surface area contributed by atoms with Gasteiger partial charge in [0.05, 0.1) is 21.6 Å². The highest BCUT2D eigenvalue weighted by Gasteiger charge is 2.23. The highest BCUT2D eigenvalue weighted by Crippen LogP contribution is 2.46. The Morgan fingerprint density at radius 2 is 1.33 bits per heavy atom. The third-order valence-corrected chi connectivity index (χ3v) is 10.6. The number of thiophene rings is 1. The fraction of sp³-hybridized carbons (Fsp3) is 0.0238. The third kappa shape index (κ3) is 3.81. The van der Waals surface area contributed by atoms with Crippen LogP contribution in [0.2, 0.25) is 0 Å². The summed E-state index contributed by atoms with van der Waals surface area (Å²) in [5.74, 6) is 0. The van der Waals surface area contributed by atoms with Crippen molar-refractivity contribution in [1.29, 1.82) is 0 Å². The number of rotatable bonds is 5. The first kappa shape index (κ1) is 27.0. The molecule has 0 N–H and O–H groups in total. The zero-order valence-corrected chi connectivity index (χ0v) is 26.5. The second-order valence-corrected chi connectivity index (χ2v) is 13.0. The average Bonchev–Trinajstić information content (AvgIpc) is 3.82. The van der Waals surface area contributed by atoms with E-state index >= 15 is 0 Å². The largest absolute Gasteiger partial charge is 0.456 e. The molecule has 226 valence electrons. The zero-order valence-electron chi connectivity index (χ0n) is 25.7. The van der Waals surface area contributed by atoms with E-state index in [1.165, 1.54) is 36.3 Å². The Bertz CT molecular complexity index is 2960. The number of benzene rings is 6. The standard InChI is InChI=1S/C42H26N4OS/c1-43-32-19-7-4-14-27(32)39(30-17-10-21-34-36(30)28-15-5-8-20-33(28)47-34)45-24-46-40-37(31-18-11-23-44-42(31)46)25-12-2-3-13-26(25)38-29-16-6-9-22-35(29)48-41(38)40/h2-23H,1,24H2. The van der Waals surface area contributed by atoms with E-state index < -0.39 is 0 Å². The van der Waals surface area contributed by atoms with Crippen molar-refractivity contribution in [2.45, 2.75) is 6.67 Å². The number of nitrogens with zero attached hydrogens (tertiary/aromatic N) is 4. The number of para-hydroxylation sites is 2. The number of hydrogen-bond acceptors (Lipinski definition) is 5. The van der Waals surface area contributed by atoms with E-state index in [1.54, 1.807) is 0 Å². The van der Waals surface area contributed by atoms with Crippen LogP contribution in [0.3, 0.4) is 0 Å². The van der Waals surface area contributed by atoms with E-state index in [1.807, 2.05) is 66.1 Å². The van der Waals surface area contributed by atoms with Crippen LogP contribution < -0.4 is 0 Å². The molecular formula is C42H26N4OS. The van der Waals surface area contributed by atoms with Crippen molar-refractivity contribution in [1.82, 2.24) is 9.55 Å². The van der Waals surface area contributed by atoms with Gasteiger partial charge in [-0.15, -0.1) is 11.3 Å². The molecule has 0 amide bonds. The molecule has 0 spiro atoms. The Kier molecular flexibility index (Phi) is 5.89. The maximum absolute atomic E-state index is 6.31. The van der Waals surface area contributed by atoms with Gasteiger partial charge in [0.25, 0.3) is 0 Å². The summed E-state index contributed by atoms with van der Waals surface area (Å²) >= 11 is 1.84. The van der Waals surface area contributed by atoms with Gasteiger partial charge in [-0.1, -0.05) is 91.0 Å². The lowest BCUT2D eigenvalue weighted by molar-refractivity contribution is 0.669. The van der Waals surface area contributed by atoms with Crippen molar-refractivity contribution in [3.63, 3.8) is 0 Å². The first-order chi connectivity index (χ1) is 23.8. The molecule has 5 nitrogen and oxygen atoms in total. The van der Waals surface area contributed by atoms with E-state index in [9.17, 15) is 0 Å². The molecule has 0 aliphatic heterocycles. The molecule has 0 aliphatic carbocycles. The number of aromatic nitrogens is 2. The highest BCUT2D eigenvalue weighted by atomic mass is 32.1. The zero-order chi connectivity index (χ0) is 31.8. The molecule has 4 aromatic heterocycles. The lowest BCUT2D eigenvalue weighted by Crippen LogP contribution is -2.08. The summed E-state index contributed by atoms with van der Waals surface area (Å²) in [5.41, 5.74) is 7.24. The van der Waals surface area contributed by atoms with Crippen LogP contribution in [0.15, 0.2) is 148 Å². The summed E-state index contributed by atoms with van der Waals surface area (Å²) in [4.78, 5) is 14.9. The molecule has 48 heavy (non-hydrogen) atoms. The normalized spacial score (nSPS) is 12.5. The molecule has 0 atom stereocenters. The van der Waals surface area contributed by atoms with Gasteiger partial charge in [-0.2, -0.15) is 0 Å². The van der Waals surface area contributed by atoms with Crippen LogP contribution in [-0.4, -0.2) is 22.0 Å². The van der Waals surface area contributed by atoms with Crippen LogP contribution >= 0.6 is 11.3 Å². The minimum atomic E-state index is 0.353. The van der Waals surface area contributed by atoms with Crippen molar-refractivity contribution in [2.75, 3.05) is 0 Å². The Labute approximate surface area is 278 Å². The molecule has 0 saturated carbocycles. The Morgan fingerprint density at radius 1 is 0.646 bits per heavy atom. The molecule has 6 aromatic carbocycles. The summed E-state index contributed by atoms with van der Waals surface area (Å²) in [5, 5.41) is 9.45. The van der Waals surface area contributed by atoms with E-state index in [-0.39, 0.29) is 0 Å². The second-order valence-electron chi connectivity index (χ2n) is 12.0. The third-order valence-electron chi connectivity index (χ3n) is 9.45. The van der Waals surface area contributed by atoms with Gasteiger partial charge >= 0.3 is 0 Å². The Balaban J connectivity index is 1.32. The molecule has 0 fully saturated rings. The van der Waals surface area contributed by atoms with E-state index in [0.29, 0.717) is 6.67 Å². The first-order valence-corrected chi connectivity index (χ1v) is 16.7. The van der Waals surface area contributed by atoms with Crippen LogP contribution in [0.25, 0.3) is 74.8 Å². The molecule has 6 heteroatoms. The lowest BCUT2D eigenvalue weighted by Gasteiger charge is -2.13. The molecule has 0 aliphatic rings. The SMILES string of the molecule is C=Nc1ccccc1C(=NCn1c2ncccc2c2c3ccccc3c3c4ccccc4sc3c21)c1cccc2oc3ccccc3c12. The first-order valence-electron chi connectivity index (χ1n) is 15.9. The molecule has 0 radical (unpaired) electrons. The van der Waals surface area contributed by atoms with Crippen LogP contribution in [0, 0.1) is 0 Å². The maximum atomic E-state index is 6.31. The number of hydrogen-bond donors (Lipinski definition) is 0. The van der Waals surface area contributed by atoms with Gasteiger partial charge in [-0.05, 0) is 53.9 Å². The van der Waals surface area contributed by atoms with Crippen LogP contribution in [0.1, 0.15) is 11.1 Å². The number of pyridine rings is 1. The number of furan rings is 1. The smallest absolute Gasteiger partial charge is 0.142 e. The van der Waals surface area contributed by atoms with Gasteiger partial charge in [0, 0.05) is 54.3 Å². The molecule has 0 bridgehead atoms. The summed E-state index contributed by atoms with van der Waals surface area (Å²) in [6.07, 6.45) is 1.88. The summed E-state index contributed by atoms with van der Waals surface area (Å²) < 4.78 is 11.1. The van der Waals surface area contributed by atoms with E-state index in [2.05, 4.69) is 95.1 Å². The Hall–Kier alpha value is -6.11. The second kappa shape index (κ2) is 10.5. The van der Waals surface area contributed by atoms with Gasteiger partial charge < -0.3 is 8.98 Å². The van der Waals surface area contributed by atoms with Crippen molar-refractivity contribution in [3.8, 4) is 0 Å². The van der Waals surface area contributed by atoms with Gasteiger partial charge in [0.1, 0.15) is 23.5 Å². The topological polar surface area (TPSA) is 55.7 Å². The maximum Gasteiger partial charge on any atom is 0.142 e. The van der Waals surface area contributed by atoms with Crippen LogP contribution in [0.5, 0.6) is 0 Å². The highest BCUT2D eigenvalue weighted by molar-refractivity contribution is 7.27. The van der Waals surface area contributed by atoms with Crippen molar-refractivity contribution in [3.05, 3.63) is 145 Å². The summed E-state index contributed by atoms with van der Waals surface area (Å²) in [6, 6.07) is 44.1. The number of fused-ring (bicyclic) bond motifs is 13. The Morgan fingerprint density at radius 3 is 2.21 bits per heavy atom. The molecule has 10 aromatic rings. The fourth-order valence-corrected chi connectivity index (χ4v) is 8.74. The van der Waals surface area contributed by atoms with Crippen LogP contribution in [0.4, 0.5) is 5.69 Å². The summed E-state index contributed by atoms with van der Waals surface area (Å²) in [6.45, 7) is 4.26. The minimum Gasteiger partial charge on any atom is -0.456 e. The molecule has 0 saturated heterocycles. The van der Waals surface area contributed by atoms with Crippen molar-refractivity contribution >= 4 is 104 Å². The molecule has 4 heterocycles.